The Balaban J connectivity index is 1.06. The van der Waals surface area contributed by atoms with E-state index < -0.39 is 0 Å². The van der Waals surface area contributed by atoms with Crippen LogP contribution in [0.4, 0.5) is 17.1 Å². The van der Waals surface area contributed by atoms with E-state index in [4.69, 9.17) is 0 Å². The van der Waals surface area contributed by atoms with E-state index in [1.807, 2.05) is 11.3 Å². The Morgan fingerprint density at radius 3 is 1.64 bits per heavy atom. The summed E-state index contributed by atoms with van der Waals surface area (Å²) in [6, 6.07) is 80.1. The number of aromatic nitrogens is 1. The van der Waals surface area contributed by atoms with Gasteiger partial charge < -0.3 is 9.47 Å². The molecule has 0 unspecified atom stereocenters. The molecule has 2 aromatic heterocycles. The van der Waals surface area contributed by atoms with Crippen LogP contribution in [-0.4, -0.2) is 4.57 Å². The number of anilines is 3. The van der Waals surface area contributed by atoms with Crippen molar-refractivity contribution >= 4 is 91.9 Å². The molecular weight excluding hydrogens is 733 g/mol. The Labute approximate surface area is 346 Å². The van der Waals surface area contributed by atoms with Crippen LogP contribution in [0.3, 0.4) is 0 Å². The third-order valence-corrected chi connectivity index (χ3v) is 13.1. The van der Waals surface area contributed by atoms with Gasteiger partial charge in [0.25, 0.3) is 0 Å². The monoisotopic (exact) mass is 768 g/mol. The van der Waals surface area contributed by atoms with Crippen molar-refractivity contribution in [2.24, 2.45) is 0 Å². The summed E-state index contributed by atoms with van der Waals surface area (Å²) in [6.07, 6.45) is 0. The van der Waals surface area contributed by atoms with Crippen LogP contribution >= 0.6 is 11.3 Å². The van der Waals surface area contributed by atoms with Crippen molar-refractivity contribution in [2.75, 3.05) is 4.90 Å². The van der Waals surface area contributed by atoms with Crippen LogP contribution in [0.2, 0.25) is 0 Å². The fourth-order valence-electron chi connectivity index (χ4n) is 9.08. The van der Waals surface area contributed by atoms with E-state index in [9.17, 15) is 0 Å². The van der Waals surface area contributed by atoms with Crippen molar-refractivity contribution in [3.05, 3.63) is 218 Å². The van der Waals surface area contributed by atoms with E-state index in [0.717, 1.165) is 22.7 Å². The molecule has 0 amide bonds. The molecule has 0 aliphatic heterocycles. The second kappa shape index (κ2) is 13.6. The first-order valence-electron chi connectivity index (χ1n) is 20.2. The zero-order valence-electron chi connectivity index (χ0n) is 32.1. The number of rotatable bonds is 6. The van der Waals surface area contributed by atoms with Gasteiger partial charge in [-0.25, -0.2) is 0 Å². The molecule has 12 rings (SSSR count). The van der Waals surface area contributed by atoms with Crippen LogP contribution in [-0.2, 0) is 0 Å². The highest BCUT2D eigenvalue weighted by Crippen LogP contribution is 2.45. The first kappa shape index (κ1) is 33.7. The molecule has 2 nitrogen and oxygen atoms in total. The third-order valence-electron chi connectivity index (χ3n) is 11.9. The van der Waals surface area contributed by atoms with E-state index in [1.165, 1.54) is 85.8 Å². The standard InChI is InChI=1S/C56H36N2S/c1-2-12-37(13-3-1)43-26-31-49-48-18-8-10-20-53(48)58(54(49)34-43)47-35-51(56-52(36-47)50-19-9-11-21-55(50)59-56)40-24-27-44(28-25-40)57(45-29-22-38-14-4-6-16-41(38)32-45)46-30-23-39-15-5-7-17-42(39)33-46/h1-36H. The van der Waals surface area contributed by atoms with Gasteiger partial charge in [-0.1, -0.05) is 152 Å². The van der Waals surface area contributed by atoms with Gasteiger partial charge in [0, 0.05) is 59.3 Å². The summed E-state index contributed by atoms with van der Waals surface area (Å²) in [7, 11) is 0. The molecule has 0 atom stereocenters. The lowest BCUT2D eigenvalue weighted by molar-refractivity contribution is 1.19. The topological polar surface area (TPSA) is 8.17 Å². The Bertz CT molecular complexity index is 3480. The van der Waals surface area contributed by atoms with Crippen molar-refractivity contribution in [1.82, 2.24) is 4.57 Å². The Kier molecular flexibility index (Phi) is 7.75. The minimum absolute atomic E-state index is 1.11. The van der Waals surface area contributed by atoms with Gasteiger partial charge in [-0.3, -0.25) is 0 Å². The van der Waals surface area contributed by atoms with Gasteiger partial charge >= 0.3 is 0 Å². The number of thiophene rings is 1. The summed E-state index contributed by atoms with van der Waals surface area (Å²) in [6.45, 7) is 0. The molecule has 276 valence electrons. The van der Waals surface area contributed by atoms with E-state index in [1.54, 1.807) is 0 Å². The fraction of sp³-hybridized carbons (Fsp3) is 0. The maximum Gasteiger partial charge on any atom is 0.0547 e. The third kappa shape index (κ3) is 5.62. The summed E-state index contributed by atoms with van der Waals surface area (Å²) >= 11 is 1.88. The fourth-order valence-corrected chi connectivity index (χ4v) is 10.3. The second-order valence-electron chi connectivity index (χ2n) is 15.4. The molecule has 3 heteroatoms. The van der Waals surface area contributed by atoms with Crippen molar-refractivity contribution in [2.45, 2.75) is 0 Å². The number of nitrogens with zero attached hydrogens (tertiary/aromatic N) is 2. The van der Waals surface area contributed by atoms with Crippen LogP contribution in [0, 0.1) is 0 Å². The summed E-state index contributed by atoms with van der Waals surface area (Å²) < 4.78 is 5.07. The molecule has 0 spiro atoms. The van der Waals surface area contributed by atoms with Crippen molar-refractivity contribution in [1.29, 1.82) is 0 Å². The molecule has 0 N–H and O–H groups in total. The highest BCUT2D eigenvalue weighted by molar-refractivity contribution is 7.26. The molecule has 0 radical (unpaired) electrons. The molecule has 10 aromatic carbocycles. The minimum atomic E-state index is 1.11. The quantitative estimate of drug-likeness (QED) is 0.164. The maximum atomic E-state index is 2.47. The highest BCUT2D eigenvalue weighted by Gasteiger charge is 2.19. The van der Waals surface area contributed by atoms with Gasteiger partial charge in [-0.15, -0.1) is 11.3 Å². The van der Waals surface area contributed by atoms with E-state index in [-0.39, 0.29) is 0 Å². The molecule has 0 saturated carbocycles. The lowest BCUT2D eigenvalue weighted by Crippen LogP contribution is -2.09. The Morgan fingerprint density at radius 2 is 0.915 bits per heavy atom. The molecular formula is C56H36N2S. The average Bonchev–Trinajstić information content (AvgIpc) is 3.85. The normalized spacial score (nSPS) is 11.7. The molecule has 0 saturated heterocycles. The van der Waals surface area contributed by atoms with Crippen LogP contribution in [0.25, 0.3) is 91.5 Å². The van der Waals surface area contributed by atoms with Gasteiger partial charge in [-0.2, -0.15) is 0 Å². The van der Waals surface area contributed by atoms with Crippen LogP contribution < -0.4 is 4.90 Å². The maximum absolute atomic E-state index is 2.47. The molecule has 12 aromatic rings. The number of hydrogen-bond donors (Lipinski definition) is 0. The molecule has 0 aliphatic rings. The Hall–Kier alpha value is -7.46. The average molecular weight is 769 g/mol. The van der Waals surface area contributed by atoms with Gasteiger partial charge in [0.15, 0.2) is 0 Å². The van der Waals surface area contributed by atoms with Crippen molar-refractivity contribution in [3.63, 3.8) is 0 Å². The number of hydrogen-bond acceptors (Lipinski definition) is 2. The summed E-state index contributed by atoms with van der Waals surface area (Å²) in [4.78, 5) is 2.39. The largest absolute Gasteiger partial charge is 0.310 e. The van der Waals surface area contributed by atoms with Gasteiger partial charge in [-0.05, 0) is 105 Å². The van der Waals surface area contributed by atoms with Crippen LogP contribution in [0.15, 0.2) is 218 Å². The minimum Gasteiger partial charge on any atom is -0.310 e. The van der Waals surface area contributed by atoms with Crippen LogP contribution in [0.1, 0.15) is 0 Å². The predicted molar refractivity (Wildman–Crippen MR) is 254 cm³/mol. The van der Waals surface area contributed by atoms with E-state index >= 15 is 0 Å². The second-order valence-corrected chi connectivity index (χ2v) is 16.4. The van der Waals surface area contributed by atoms with Crippen LogP contribution in [0.5, 0.6) is 0 Å². The van der Waals surface area contributed by atoms with E-state index in [2.05, 4.69) is 228 Å². The summed E-state index contributed by atoms with van der Waals surface area (Å²) in [5.41, 5.74) is 11.8. The lowest BCUT2D eigenvalue weighted by Gasteiger charge is -2.26. The lowest BCUT2D eigenvalue weighted by atomic mass is 10.00. The SMILES string of the molecule is c1ccc(-c2ccc3c4ccccc4n(-c4cc(-c5ccc(N(c6ccc7ccccc7c6)c6ccc7ccccc7c6)cc5)c5sc6ccccc6c5c4)c3c2)cc1. The number of benzene rings is 10. The molecule has 0 aliphatic carbocycles. The number of para-hydroxylation sites is 1. The molecule has 2 heterocycles. The molecule has 0 fully saturated rings. The zero-order chi connectivity index (χ0) is 38.9. The van der Waals surface area contributed by atoms with Gasteiger partial charge in [0.2, 0.25) is 0 Å². The molecule has 59 heavy (non-hydrogen) atoms. The summed E-state index contributed by atoms with van der Waals surface area (Å²) in [5, 5.41) is 9.98. The van der Waals surface area contributed by atoms with Gasteiger partial charge in [0.1, 0.15) is 0 Å². The molecule has 0 bridgehead atoms. The van der Waals surface area contributed by atoms with E-state index in [0.29, 0.717) is 0 Å². The number of fused-ring (bicyclic) bond motifs is 8. The first-order valence-corrected chi connectivity index (χ1v) is 21.0. The first-order chi connectivity index (χ1) is 29.2. The summed E-state index contributed by atoms with van der Waals surface area (Å²) in [5.74, 6) is 0. The zero-order valence-corrected chi connectivity index (χ0v) is 32.9. The van der Waals surface area contributed by atoms with Crippen molar-refractivity contribution < 1.29 is 0 Å². The van der Waals surface area contributed by atoms with Gasteiger partial charge in [0.05, 0.1) is 11.0 Å². The smallest absolute Gasteiger partial charge is 0.0547 e. The van der Waals surface area contributed by atoms with Crippen molar-refractivity contribution in [3.8, 4) is 27.9 Å². The Morgan fingerprint density at radius 1 is 0.339 bits per heavy atom. The highest BCUT2D eigenvalue weighted by atomic mass is 32.1. The predicted octanol–water partition coefficient (Wildman–Crippen LogP) is 16.3.